The molecule has 3 aromatic rings. The van der Waals surface area contributed by atoms with Gasteiger partial charge in [0.1, 0.15) is 6.61 Å². The van der Waals surface area contributed by atoms with Gasteiger partial charge in [-0.2, -0.15) is 0 Å². The van der Waals surface area contributed by atoms with Crippen LogP contribution in [0.15, 0.2) is 54.6 Å². The average Bonchev–Trinajstić information content (AvgIpc) is 2.73. The summed E-state index contributed by atoms with van der Waals surface area (Å²) in [4.78, 5) is 11.4. The normalized spacial score (nSPS) is 10.6. The third-order valence-electron chi connectivity index (χ3n) is 4.73. The van der Waals surface area contributed by atoms with Crippen molar-refractivity contribution < 1.29 is 19.4 Å². The van der Waals surface area contributed by atoms with Gasteiger partial charge < -0.3 is 19.9 Å². The minimum absolute atomic E-state index is 0.260. The molecule has 0 aliphatic heterocycles. The number of carboxylic acid groups (broad SMARTS) is 1. The van der Waals surface area contributed by atoms with Gasteiger partial charge >= 0.3 is 5.97 Å². The number of hydrogen-bond acceptors (Lipinski definition) is 4. The maximum Gasteiger partial charge on any atom is 0.336 e. The summed E-state index contributed by atoms with van der Waals surface area (Å²) >= 11 is 12.5. The molecule has 162 valence electrons. The van der Waals surface area contributed by atoms with E-state index in [0.29, 0.717) is 46.9 Å². The van der Waals surface area contributed by atoms with E-state index in [1.165, 1.54) is 0 Å². The number of nitrogens with one attached hydrogen (secondary N) is 1. The number of carboxylic acids is 1. The standard InChI is InChI=1S/C24H23Cl2NO4/c1-3-30-22-11-17(13-27-21-9-5-8-19(15(21)2)24(28)29)20(26)12-23(22)31-14-16-6-4-7-18(25)10-16/h4-12,27H,3,13-14H2,1-2H3,(H,28,29). The van der Waals surface area contributed by atoms with Crippen LogP contribution in [0.2, 0.25) is 10.0 Å². The van der Waals surface area contributed by atoms with Gasteiger partial charge in [-0.05, 0) is 60.9 Å². The van der Waals surface area contributed by atoms with Crippen molar-refractivity contribution in [3.05, 3.63) is 86.9 Å². The van der Waals surface area contributed by atoms with Crippen LogP contribution in [0.1, 0.15) is 34.0 Å². The van der Waals surface area contributed by atoms with Gasteiger partial charge in [-0.3, -0.25) is 0 Å². The van der Waals surface area contributed by atoms with E-state index in [9.17, 15) is 9.90 Å². The number of benzene rings is 3. The maximum absolute atomic E-state index is 11.4. The van der Waals surface area contributed by atoms with E-state index in [-0.39, 0.29) is 5.56 Å². The Morgan fingerprint density at radius 3 is 2.48 bits per heavy atom. The number of halogens is 2. The number of ether oxygens (including phenoxy) is 2. The fourth-order valence-electron chi connectivity index (χ4n) is 3.13. The van der Waals surface area contributed by atoms with Crippen molar-refractivity contribution in [2.24, 2.45) is 0 Å². The molecule has 0 aliphatic carbocycles. The van der Waals surface area contributed by atoms with E-state index >= 15 is 0 Å². The number of carbonyl (C=O) groups is 1. The monoisotopic (exact) mass is 459 g/mol. The van der Waals surface area contributed by atoms with Crippen molar-refractivity contribution in [1.82, 2.24) is 0 Å². The highest BCUT2D eigenvalue weighted by Crippen LogP contribution is 2.35. The molecule has 7 heteroatoms. The van der Waals surface area contributed by atoms with Crippen LogP contribution in [-0.4, -0.2) is 17.7 Å². The quantitative estimate of drug-likeness (QED) is 0.377. The minimum atomic E-state index is -0.959. The lowest BCUT2D eigenvalue weighted by Gasteiger charge is -2.16. The number of aromatic carboxylic acids is 1. The molecule has 0 saturated carbocycles. The Hall–Kier alpha value is -2.89. The summed E-state index contributed by atoms with van der Waals surface area (Å²) < 4.78 is 11.7. The van der Waals surface area contributed by atoms with Crippen LogP contribution in [0, 0.1) is 6.92 Å². The zero-order valence-electron chi connectivity index (χ0n) is 17.2. The van der Waals surface area contributed by atoms with Crippen molar-refractivity contribution in [2.75, 3.05) is 11.9 Å². The molecule has 0 saturated heterocycles. The van der Waals surface area contributed by atoms with Gasteiger partial charge in [0.15, 0.2) is 11.5 Å². The van der Waals surface area contributed by atoms with Crippen LogP contribution in [0.5, 0.6) is 11.5 Å². The lowest BCUT2D eigenvalue weighted by Crippen LogP contribution is -2.07. The lowest BCUT2D eigenvalue weighted by atomic mass is 10.1. The first kappa shape index (κ1) is 22.8. The molecular formula is C24H23Cl2NO4. The largest absolute Gasteiger partial charge is 0.490 e. The summed E-state index contributed by atoms with van der Waals surface area (Å²) in [7, 11) is 0. The summed E-state index contributed by atoms with van der Waals surface area (Å²) in [6, 6.07) is 16.1. The van der Waals surface area contributed by atoms with E-state index in [1.54, 1.807) is 25.1 Å². The molecule has 0 heterocycles. The molecule has 31 heavy (non-hydrogen) atoms. The third-order valence-corrected chi connectivity index (χ3v) is 5.32. The molecule has 0 atom stereocenters. The second-order valence-corrected chi connectivity index (χ2v) is 7.72. The molecular weight excluding hydrogens is 437 g/mol. The van der Waals surface area contributed by atoms with Crippen LogP contribution in [-0.2, 0) is 13.2 Å². The average molecular weight is 460 g/mol. The summed E-state index contributed by atoms with van der Waals surface area (Å²) in [6.07, 6.45) is 0. The molecule has 0 aliphatic rings. The van der Waals surface area contributed by atoms with Gasteiger partial charge in [-0.25, -0.2) is 4.79 Å². The highest BCUT2D eigenvalue weighted by molar-refractivity contribution is 6.31. The third kappa shape index (κ3) is 5.84. The topological polar surface area (TPSA) is 67.8 Å². The Bertz CT molecular complexity index is 1090. The van der Waals surface area contributed by atoms with E-state index in [2.05, 4.69) is 5.32 Å². The summed E-state index contributed by atoms with van der Waals surface area (Å²) in [5.41, 5.74) is 3.40. The van der Waals surface area contributed by atoms with Crippen molar-refractivity contribution >= 4 is 34.9 Å². The van der Waals surface area contributed by atoms with Gasteiger partial charge in [-0.1, -0.05) is 41.4 Å². The van der Waals surface area contributed by atoms with Crippen LogP contribution in [0.25, 0.3) is 0 Å². The van der Waals surface area contributed by atoms with Crippen molar-refractivity contribution in [3.63, 3.8) is 0 Å². The van der Waals surface area contributed by atoms with E-state index in [4.69, 9.17) is 32.7 Å². The number of hydrogen-bond donors (Lipinski definition) is 2. The van der Waals surface area contributed by atoms with Gasteiger partial charge in [0.05, 0.1) is 12.2 Å². The van der Waals surface area contributed by atoms with Crippen LogP contribution < -0.4 is 14.8 Å². The molecule has 3 rings (SSSR count). The van der Waals surface area contributed by atoms with E-state index in [0.717, 1.165) is 16.8 Å². The zero-order chi connectivity index (χ0) is 22.4. The Kier molecular flexibility index (Phi) is 7.66. The van der Waals surface area contributed by atoms with Crippen molar-refractivity contribution in [1.29, 1.82) is 0 Å². The summed E-state index contributed by atoms with van der Waals surface area (Å²) in [5, 5.41) is 13.7. The molecule has 0 unspecified atom stereocenters. The first-order valence-electron chi connectivity index (χ1n) is 9.78. The predicted octanol–water partition coefficient (Wildman–Crippen LogP) is 6.59. The smallest absolute Gasteiger partial charge is 0.336 e. The molecule has 0 bridgehead atoms. The first-order valence-corrected chi connectivity index (χ1v) is 10.5. The minimum Gasteiger partial charge on any atom is -0.490 e. The van der Waals surface area contributed by atoms with E-state index < -0.39 is 5.97 Å². The van der Waals surface area contributed by atoms with Gasteiger partial charge in [0.25, 0.3) is 0 Å². The number of rotatable bonds is 9. The first-order chi connectivity index (χ1) is 14.9. The second-order valence-electron chi connectivity index (χ2n) is 6.88. The highest BCUT2D eigenvalue weighted by Gasteiger charge is 2.14. The maximum atomic E-state index is 11.4. The van der Waals surface area contributed by atoms with Crippen LogP contribution in [0.4, 0.5) is 5.69 Å². The van der Waals surface area contributed by atoms with Crippen molar-refractivity contribution in [2.45, 2.75) is 27.0 Å². The Labute approximate surface area is 191 Å². The zero-order valence-corrected chi connectivity index (χ0v) is 18.8. The summed E-state index contributed by atoms with van der Waals surface area (Å²) in [6.45, 7) is 4.87. The fraction of sp³-hybridized carbons (Fsp3) is 0.208. The molecule has 2 N–H and O–H groups in total. The van der Waals surface area contributed by atoms with Crippen molar-refractivity contribution in [3.8, 4) is 11.5 Å². The fourth-order valence-corrected chi connectivity index (χ4v) is 3.56. The van der Waals surface area contributed by atoms with Gasteiger partial charge in [0.2, 0.25) is 0 Å². The predicted molar refractivity (Wildman–Crippen MR) is 124 cm³/mol. The molecule has 0 aromatic heterocycles. The number of anilines is 1. The lowest BCUT2D eigenvalue weighted by molar-refractivity contribution is 0.0696. The molecule has 0 fully saturated rings. The highest BCUT2D eigenvalue weighted by atomic mass is 35.5. The molecule has 3 aromatic carbocycles. The van der Waals surface area contributed by atoms with E-state index in [1.807, 2.05) is 43.3 Å². The van der Waals surface area contributed by atoms with Crippen LogP contribution in [0.3, 0.4) is 0 Å². The molecule has 0 radical (unpaired) electrons. The second kappa shape index (κ2) is 10.4. The van der Waals surface area contributed by atoms with Gasteiger partial charge in [0, 0.05) is 28.3 Å². The molecule has 5 nitrogen and oxygen atoms in total. The Morgan fingerprint density at radius 2 is 1.77 bits per heavy atom. The Balaban J connectivity index is 1.78. The molecule has 0 amide bonds. The molecule has 0 spiro atoms. The van der Waals surface area contributed by atoms with Crippen LogP contribution >= 0.6 is 23.2 Å². The van der Waals surface area contributed by atoms with Gasteiger partial charge in [-0.15, -0.1) is 0 Å². The summed E-state index contributed by atoms with van der Waals surface area (Å²) in [5.74, 6) is 0.167. The SMILES string of the molecule is CCOc1cc(CNc2cccc(C(=O)O)c2C)c(Cl)cc1OCc1cccc(Cl)c1. The Morgan fingerprint density at radius 1 is 1.03 bits per heavy atom.